The Morgan fingerprint density at radius 1 is 1.67 bits per heavy atom. The summed E-state index contributed by atoms with van der Waals surface area (Å²) < 4.78 is 4.45. The minimum atomic E-state index is -0.0808. The Morgan fingerprint density at radius 2 is 2.50 bits per heavy atom. The maximum atomic E-state index is 11.3. The third kappa shape index (κ3) is 1.10. The number of nitrogens with one attached hydrogen (secondary N) is 2. The van der Waals surface area contributed by atoms with E-state index in [4.69, 9.17) is 0 Å². The van der Waals surface area contributed by atoms with Gasteiger partial charge in [-0.1, -0.05) is 4.51 Å². The zero-order valence-corrected chi connectivity index (χ0v) is 8.59. The van der Waals surface area contributed by atoms with Crippen LogP contribution in [-0.4, -0.2) is 22.0 Å². The molecule has 1 unspecified atom stereocenters. The highest BCUT2D eigenvalue weighted by atomic mass is 127. The number of amides is 1. The summed E-state index contributed by atoms with van der Waals surface area (Å²) >= 11 is -0.0808. The molecule has 0 bridgehead atoms. The monoisotopic (exact) mass is 276 g/mol. The molecule has 2 rings (SSSR count). The molecule has 4 heteroatoms. The normalized spacial score (nSPS) is 21.7. The third-order valence-electron chi connectivity index (χ3n) is 1.97. The van der Waals surface area contributed by atoms with Crippen molar-refractivity contribution in [3.8, 4) is 0 Å². The van der Waals surface area contributed by atoms with Gasteiger partial charge in [0.05, 0.1) is 3.92 Å². The molecule has 3 nitrogen and oxygen atoms in total. The lowest BCUT2D eigenvalue weighted by atomic mass is 10.1. The van der Waals surface area contributed by atoms with Gasteiger partial charge in [0.25, 0.3) is 5.91 Å². The summed E-state index contributed by atoms with van der Waals surface area (Å²) in [7, 11) is 0. The van der Waals surface area contributed by atoms with Gasteiger partial charge in [0.2, 0.25) is 0 Å². The molecule has 0 aromatic carbocycles. The number of carbonyl (C=O) groups excluding carboxylic acids is 1. The molecule has 0 fully saturated rings. The van der Waals surface area contributed by atoms with Gasteiger partial charge >= 0.3 is 0 Å². The van der Waals surface area contributed by atoms with Crippen LogP contribution in [0.15, 0.2) is 12.3 Å². The Balaban J connectivity index is 2.48. The van der Waals surface area contributed by atoms with Crippen molar-refractivity contribution in [3.05, 3.63) is 23.5 Å². The first-order chi connectivity index (χ1) is 5.83. The van der Waals surface area contributed by atoms with E-state index in [-0.39, 0.29) is 26.6 Å². The summed E-state index contributed by atoms with van der Waals surface area (Å²) in [5.41, 5.74) is 1.89. The van der Waals surface area contributed by atoms with Gasteiger partial charge in [-0.15, -0.1) is 20.7 Å². The van der Waals surface area contributed by atoms with Crippen molar-refractivity contribution in [1.29, 1.82) is 0 Å². The lowest BCUT2D eigenvalue weighted by Gasteiger charge is -2.18. The number of rotatable bonds is 1. The standard InChI is InChI=1S/C8H9IN2O/c1-9-6-4-11-8(12)7-5(6)2-3-10-7/h2-3,6,10H,1,4H2,(H,11,12). The van der Waals surface area contributed by atoms with Crippen LogP contribution in [-0.2, 0) is 0 Å². The number of carbonyl (C=O) groups is 1. The molecule has 0 radical (unpaired) electrons. The summed E-state index contributed by atoms with van der Waals surface area (Å²) in [5, 5.41) is 2.84. The van der Waals surface area contributed by atoms with Crippen LogP contribution in [0.2, 0.25) is 0 Å². The molecular weight excluding hydrogens is 267 g/mol. The van der Waals surface area contributed by atoms with E-state index in [0.29, 0.717) is 3.92 Å². The number of aromatic amines is 1. The minimum Gasteiger partial charge on any atom is -0.357 e. The fourth-order valence-corrected chi connectivity index (χ4v) is 2.88. The predicted molar refractivity (Wildman–Crippen MR) is 57.0 cm³/mol. The number of H-pyrrole nitrogens is 1. The van der Waals surface area contributed by atoms with Gasteiger partial charge in [-0.2, -0.15) is 0 Å². The molecule has 1 aromatic rings. The van der Waals surface area contributed by atoms with Crippen LogP contribution in [0.3, 0.4) is 0 Å². The first kappa shape index (κ1) is 7.97. The van der Waals surface area contributed by atoms with E-state index in [9.17, 15) is 4.79 Å². The van der Waals surface area contributed by atoms with Crippen molar-refractivity contribution in [3.63, 3.8) is 0 Å². The number of alkyl halides is 1. The Kier molecular flexibility index (Phi) is 2.00. The average molecular weight is 276 g/mol. The lowest BCUT2D eigenvalue weighted by Crippen LogP contribution is -2.32. The first-order valence-electron chi connectivity index (χ1n) is 3.65. The molecule has 12 heavy (non-hydrogen) atoms. The molecule has 1 aliphatic heterocycles. The van der Waals surface area contributed by atoms with E-state index < -0.39 is 0 Å². The number of hydrogen-bond acceptors (Lipinski definition) is 1. The van der Waals surface area contributed by atoms with Gasteiger partial charge in [-0.05, 0) is 11.6 Å². The second kappa shape index (κ2) is 3.01. The molecule has 0 spiro atoms. The van der Waals surface area contributed by atoms with Crippen LogP contribution in [0.5, 0.6) is 0 Å². The Morgan fingerprint density at radius 3 is 3.25 bits per heavy atom. The molecule has 0 saturated heterocycles. The van der Waals surface area contributed by atoms with Gasteiger partial charge in [0.1, 0.15) is 5.69 Å². The van der Waals surface area contributed by atoms with E-state index >= 15 is 0 Å². The van der Waals surface area contributed by atoms with Crippen molar-refractivity contribution in [2.45, 2.75) is 3.92 Å². The highest BCUT2D eigenvalue weighted by Gasteiger charge is 2.24. The number of halogens is 1. The maximum Gasteiger partial charge on any atom is 0.268 e. The van der Waals surface area contributed by atoms with E-state index in [1.165, 1.54) is 0 Å². The van der Waals surface area contributed by atoms with Crippen molar-refractivity contribution >= 4 is 31.2 Å². The van der Waals surface area contributed by atoms with Crippen LogP contribution >= 0.6 is 20.7 Å². The summed E-state index contributed by atoms with van der Waals surface area (Å²) in [6.45, 7) is 0.764. The van der Waals surface area contributed by atoms with Gasteiger partial charge in [0, 0.05) is 12.7 Å². The maximum absolute atomic E-state index is 11.3. The molecule has 1 aliphatic rings. The molecule has 1 amide bonds. The van der Waals surface area contributed by atoms with Gasteiger partial charge in [-0.25, -0.2) is 0 Å². The number of fused-ring (bicyclic) bond motifs is 1. The van der Waals surface area contributed by atoms with Crippen LogP contribution < -0.4 is 5.32 Å². The summed E-state index contributed by atoms with van der Waals surface area (Å²) in [4.78, 5) is 14.2. The molecule has 64 valence electrons. The summed E-state index contributed by atoms with van der Waals surface area (Å²) in [6.07, 6.45) is 1.82. The molecular formula is C8H9IN2O. The largest absolute Gasteiger partial charge is 0.357 e. The van der Waals surface area contributed by atoms with Gasteiger partial charge in [-0.3, -0.25) is 4.79 Å². The van der Waals surface area contributed by atoms with Crippen molar-refractivity contribution in [2.75, 3.05) is 6.54 Å². The van der Waals surface area contributed by atoms with Crippen LogP contribution in [0.1, 0.15) is 20.0 Å². The average Bonchev–Trinajstić information content (AvgIpc) is 2.54. The predicted octanol–water partition coefficient (Wildman–Crippen LogP) is 1.20. The zero-order valence-electron chi connectivity index (χ0n) is 6.43. The van der Waals surface area contributed by atoms with Crippen LogP contribution in [0.25, 0.3) is 0 Å². The van der Waals surface area contributed by atoms with E-state index in [2.05, 4.69) is 14.8 Å². The van der Waals surface area contributed by atoms with Crippen LogP contribution in [0, 0.1) is 0 Å². The number of hydrogen-bond donors (Lipinski definition) is 2. The van der Waals surface area contributed by atoms with E-state index in [1.54, 1.807) is 0 Å². The number of aromatic nitrogens is 1. The fourth-order valence-electron chi connectivity index (χ4n) is 1.36. The van der Waals surface area contributed by atoms with E-state index in [1.807, 2.05) is 12.3 Å². The molecule has 1 atom stereocenters. The Bertz CT molecular complexity index is 332. The first-order valence-corrected chi connectivity index (χ1v) is 6.42. The minimum absolute atomic E-state index is 0.0173. The molecule has 0 saturated carbocycles. The topological polar surface area (TPSA) is 44.9 Å². The highest BCUT2D eigenvalue weighted by molar-refractivity contribution is 14.2. The summed E-state index contributed by atoms with van der Waals surface area (Å²) in [5.74, 6) is 0.0173. The van der Waals surface area contributed by atoms with Crippen molar-refractivity contribution in [1.82, 2.24) is 10.3 Å². The van der Waals surface area contributed by atoms with Crippen LogP contribution in [0.4, 0.5) is 0 Å². The second-order valence-electron chi connectivity index (χ2n) is 2.64. The molecule has 2 heterocycles. The molecule has 2 N–H and O–H groups in total. The smallest absolute Gasteiger partial charge is 0.268 e. The highest BCUT2D eigenvalue weighted by Crippen LogP contribution is 2.31. The fraction of sp³-hybridized carbons (Fsp3) is 0.250. The SMILES string of the molecule is C=IC1CNC(=O)c2[nH]ccc21. The van der Waals surface area contributed by atoms with Gasteiger partial charge in [0.15, 0.2) is 0 Å². The van der Waals surface area contributed by atoms with E-state index in [0.717, 1.165) is 17.8 Å². The third-order valence-corrected chi connectivity index (χ3v) is 4.15. The Labute approximate surface area is 80.3 Å². The van der Waals surface area contributed by atoms with Crippen molar-refractivity contribution in [2.24, 2.45) is 0 Å². The summed E-state index contributed by atoms with van der Waals surface area (Å²) in [6, 6.07) is 1.99. The molecule has 1 aromatic heterocycles. The lowest BCUT2D eigenvalue weighted by molar-refractivity contribution is 0.0942. The molecule has 0 aliphatic carbocycles. The second-order valence-corrected chi connectivity index (χ2v) is 5.02. The van der Waals surface area contributed by atoms with Gasteiger partial charge < -0.3 is 10.3 Å². The Hall–Kier alpha value is -0.650. The quantitative estimate of drug-likeness (QED) is 0.587. The zero-order chi connectivity index (χ0) is 8.55. The van der Waals surface area contributed by atoms with Crippen molar-refractivity contribution < 1.29 is 4.79 Å².